The van der Waals surface area contributed by atoms with Crippen molar-refractivity contribution < 1.29 is 41.6 Å². The third-order valence-electron chi connectivity index (χ3n) is 23.6. The first-order valence-corrected chi connectivity index (χ1v) is 40.4. The van der Waals surface area contributed by atoms with Gasteiger partial charge in [-0.25, -0.2) is 44.3 Å². The number of nitrogens with one attached hydrogen (secondary N) is 2. The Morgan fingerprint density at radius 2 is 0.956 bits per heavy atom. The number of methoxy groups -OCH3 is 1. The monoisotopic (exact) mass is 1610 g/mol. The van der Waals surface area contributed by atoms with E-state index in [4.69, 9.17) is 73.3 Å². The molecule has 0 radical (unpaired) electrons. The number of anilines is 3. The average molecular weight is 1610 g/mol. The van der Waals surface area contributed by atoms with Crippen molar-refractivity contribution in [2.75, 3.05) is 48.1 Å². The van der Waals surface area contributed by atoms with Gasteiger partial charge in [0.15, 0.2) is 5.69 Å². The minimum absolute atomic E-state index is 0.00263. The van der Waals surface area contributed by atoms with Crippen LogP contribution >= 0.6 is 34.8 Å². The molecule has 6 aliphatic rings. The van der Waals surface area contributed by atoms with Gasteiger partial charge in [0.1, 0.15) is 17.4 Å². The molecule has 0 amide bonds. The number of alkyl halides is 3. The van der Waals surface area contributed by atoms with E-state index in [0.717, 1.165) is 122 Å². The highest BCUT2D eigenvalue weighted by molar-refractivity contribution is 6.31. The largest absolute Gasteiger partial charge is 0.477 e. The molecule has 0 spiro atoms. The minimum atomic E-state index is -4.40. The zero-order chi connectivity index (χ0) is 79.1. The normalized spacial score (nSPS) is 23.2. The maximum atomic E-state index is 14.0. The summed E-state index contributed by atoms with van der Waals surface area (Å²) >= 11 is 18.9. The number of hydrogen-bond acceptors (Lipinski definition) is 21. The molecule has 113 heavy (non-hydrogen) atoms. The number of carbonyl (C=O) groups is 1. The van der Waals surface area contributed by atoms with Crippen LogP contribution in [0.4, 0.5) is 31.0 Å². The molecule has 11 aromatic heterocycles. The van der Waals surface area contributed by atoms with E-state index >= 15 is 0 Å². The minimum Gasteiger partial charge on any atom is -0.477 e. The van der Waals surface area contributed by atoms with E-state index < -0.39 is 29.7 Å². The van der Waals surface area contributed by atoms with Gasteiger partial charge >= 0.3 is 23.7 Å². The predicted molar refractivity (Wildman–Crippen MR) is 425 cm³/mol. The molecule has 27 nitrogen and oxygen atoms in total. The van der Waals surface area contributed by atoms with Gasteiger partial charge in [0.2, 0.25) is 29.5 Å². The van der Waals surface area contributed by atoms with Crippen LogP contribution in [0.1, 0.15) is 155 Å². The van der Waals surface area contributed by atoms with Crippen LogP contribution < -0.4 is 26.2 Å². The number of aromatic amines is 2. The second-order valence-corrected chi connectivity index (χ2v) is 33.2. The molecule has 4 unspecified atom stereocenters. The number of ether oxygens (including phenoxy) is 2. The Hall–Kier alpha value is -9.36. The van der Waals surface area contributed by atoms with Crippen LogP contribution in [0.15, 0.2) is 92.2 Å². The number of aromatic nitrogens is 16. The number of nitrogens with zero attached hydrogens (tertiary/aromatic N) is 17. The molecule has 3 aliphatic carbocycles. The number of imidazole rings is 3. The third kappa shape index (κ3) is 17.2. The SMILES string of the molecule is CC1CCC(Cn2c(N3CC(C)OCC3C)nc3cc(-c4noc(=O)[nH]4)nc(-c4cncc(Cl)c4)c32)CC1.CC1CCC(Cn2c(N3CCC[C@H]3C(F)(F)F)nc3cc(C(=O)O)nc(-c4cncc(Cl)c4)c32)CC1.COC(C)C1CCCN1c1nc2cc(-c3noc(=O)[nH]3)nc(-c3cncc(Cl)c3)c2n1CC1CCC(C)CC1. The van der Waals surface area contributed by atoms with Crippen LogP contribution in [0, 0.1) is 35.5 Å². The number of carboxylic acids is 1. The van der Waals surface area contributed by atoms with E-state index in [1.54, 1.807) is 38.0 Å². The zero-order valence-electron chi connectivity index (χ0n) is 64.2. The molecule has 3 saturated heterocycles. The number of rotatable bonds is 17. The number of aromatic carboxylic acids is 1. The molecule has 3 aliphatic heterocycles. The lowest BCUT2D eigenvalue weighted by Crippen LogP contribution is -2.48. The van der Waals surface area contributed by atoms with Crippen molar-refractivity contribution in [1.82, 2.24) is 78.8 Å². The highest BCUT2D eigenvalue weighted by atomic mass is 35.5. The zero-order valence-corrected chi connectivity index (χ0v) is 66.5. The number of carboxylic acid groups (broad SMARTS) is 1. The number of hydrogen-bond donors (Lipinski definition) is 3. The summed E-state index contributed by atoms with van der Waals surface area (Å²) in [6.07, 6.45) is 21.8. The van der Waals surface area contributed by atoms with Crippen LogP contribution in [0.3, 0.4) is 0 Å². The molecular formula is C80H93Cl3F3N19O8. The van der Waals surface area contributed by atoms with Crippen LogP contribution in [0.2, 0.25) is 15.1 Å². The summed E-state index contributed by atoms with van der Waals surface area (Å²) in [5, 5.41) is 18.8. The molecule has 5 atom stereocenters. The predicted octanol–water partition coefficient (Wildman–Crippen LogP) is 16.5. The van der Waals surface area contributed by atoms with Gasteiger partial charge in [-0.3, -0.25) is 34.0 Å². The van der Waals surface area contributed by atoms with Gasteiger partial charge in [0.05, 0.1) is 96.1 Å². The van der Waals surface area contributed by atoms with Gasteiger partial charge < -0.3 is 43.0 Å². The summed E-state index contributed by atoms with van der Waals surface area (Å²) < 4.78 is 69.7. The van der Waals surface area contributed by atoms with Crippen LogP contribution in [-0.4, -0.2) is 160 Å². The number of H-pyrrole nitrogens is 2. The Balaban J connectivity index is 0.000000134. The van der Waals surface area contributed by atoms with E-state index in [1.165, 1.54) is 74.7 Å². The van der Waals surface area contributed by atoms with Gasteiger partial charge in [0.25, 0.3) is 0 Å². The second kappa shape index (κ2) is 33.6. The van der Waals surface area contributed by atoms with Crippen molar-refractivity contribution in [1.29, 1.82) is 0 Å². The standard InChI is InChI=1S/C28H34ClN7O3.C27H32ClN7O3.C25H27ClF3N5O2/c1-16-6-8-18(9-7-16)15-36-25-21(32-27(36)35-10-4-5-23(35)17(2)38-3)12-22(26-33-28(37)39-34-26)31-24(25)19-11-20(29)14-30-13-19;1-15-4-6-18(7-5-15)13-35-24-21(31-26(35)34-12-17(3)37-14-16(34)2)9-22(25-32-27(36)38-33-25)30-23(24)19-8-20(28)11-29-10-19;1-14-4-6-15(7-5-14)13-34-22-18(32-24(34)33-8-2-3-20(33)25(27,28)29)10-19(23(35)36)31-21(22)16-9-17(26)12-30-11-16/h11-14,16-18,23H,4-10,15H2,1-3H3,(H,33,34,37);8-11,15-18H,4-7,12-14H2,1-3H3,(H,32,33,36);9-12,14-15,20H,2-8,13H2,1H3,(H,35,36)/t;;14?,15?,20-/m..0/s1. The van der Waals surface area contributed by atoms with Crippen molar-refractivity contribution in [2.24, 2.45) is 35.5 Å². The maximum Gasteiger partial charge on any atom is 0.439 e. The van der Waals surface area contributed by atoms with E-state index in [2.05, 4.69) is 106 Å². The van der Waals surface area contributed by atoms with Crippen molar-refractivity contribution in [3.05, 3.63) is 115 Å². The molecule has 17 rings (SSSR count). The van der Waals surface area contributed by atoms with E-state index in [0.29, 0.717) is 97.5 Å². The quantitative estimate of drug-likeness (QED) is 0.0762. The molecule has 3 N–H and O–H groups in total. The molecule has 0 aromatic carbocycles. The molecule has 33 heteroatoms. The van der Waals surface area contributed by atoms with Gasteiger partial charge in [-0.15, -0.1) is 0 Å². The molecule has 0 bridgehead atoms. The second-order valence-electron chi connectivity index (χ2n) is 31.9. The van der Waals surface area contributed by atoms with Crippen molar-refractivity contribution in [2.45, 2.75) is 200 Å². The first kappa shape index (κ1) is 78.9. The summed E-state index contributed by atoms with van der Waals surface area (Å²) in [6.45, 7) is 18.0. The lowest BCUT2D eigenvalue weighted by Gasteiger charge is -2.38. The summed E-state index contributed by atoms with van der Waals surface area (Å²) in [7, 11) is 1.77. The summed E-state index contributed by atoms with van der Waals surface area (Å²) in [5.41, 5.74) is 8.57. The van der Waals surface area contributed by atoms with Gasteiger partial charge in [-0.2, -0.15) is 13.2 Å². The van der Waals surface area contributed by atoms with Crippen molar-refractivity contribution in [3.63, 3.8) is 0 Å². The molecule has 598 valence electrons. The molecular weight excluding hydrogens is 1520 g/mol. The summed E-state index contributed by atoms with van der Waals surface area (Å²) in [4.78, 5) is 88.8. The van der Waals surface area contributed by atoms with Crippen molar-refractivity contribution in [3.8, 4) is 56.8 Å². The lowest BCUT2D eigenvalue weighted by molar-refractivity contribution is -0.146. The highest BCUT2D eigenvalue weighted by Gasteiger charge is 2.48. The third-order valence-corrected chi connectivity index (χ3v) is 24.2. The Morgan fingerprint density at radius 1 is 0.549 bits per heavy atom. The fourth-order valence-corrected chi connectivity index (χ4v) is 17.9. The topological polar surface area (TPSA) is 314 Å². The Bertz CT molecular complexity index is 5350. The summed E-state index contributed by atoms with van der Waals surface area (Å²) in [6, 6.07) is 9.16. The molecule has 3 saturated carbocycles. The van der Waals surface area contributed by atoms with Crippen molar-refractivity contribution >= 4 is 91.7 Å². The van der Waals surface area contributed by atoms with Gasteiger partial charge in [-0.1, -0.05) is 104 Å². The molecule has 14 heterocycles. The first-order valence-electron chi connectivity index (χ1n) is 39.3. The maximum absolute atomic E-state index is 14.0. The van der Waals surface area contributed by atoms with E-state index in [9.17, 15) is 32.7 Å². The fourth-order valence-electron chi connectivity index (χ4n) is 17.4. The molecule has 11 aromatic rings. The Kier molecular flexibility index (Phi) is 23.5. The average Bonchev–Trinajstić information content (AvgIpc) is 1.61. The van der Waals surface area contributed by atoms with Crippen LogP contribution in [-0.2, 0) is 29.1 Å². The van der Waals surface area contributed by atoms with Crippen LogP contribution in [0.25, 0.3) is 89.9 Å². The summed E-state index contributed by atoms with van der Waals surface area (Å²) in [5.74, 6) is 3.57. The van der Waals surface area contributed by atoms with Crippen LogP contribution in [0.5, 0.6) is 0 Å². The Morgan fingerprint density at radius 3 is 1.36 bits per heavy atom. The number of morpholine rings is 1. The first-order chi connectivity index (χ1) is 54.4. The van der Waals surface area contributed by atoms with Gasteiger partial charge in [0, 0.05) is 100 Å². The van der Waals surface area contributed by atoms with Gasteiger partial charge in [-0.05, 0) is 157 Å². The Labute approximate surface area is 664 Å². The smallest absolute Gasteiger partial charge is 0.439 e. The number of fused-ring (bicyclic) bond motifs is 3. The van der Waals surface area contributed by atoms with E-state index in [1.807, 2.05) is 28.8 Å². The number of halogens is 6. The molecule has 6 fully saturated rings. The fraction of sp³-hybridized carbons (Fsp3) is 0.525. The highest BCUT2D eigenvalue weighted by Crippen LogP contribution is 2.45. The lowest BCUT2D eigenvalue weighted by atomic mass is 9.83. The van der Waals surface area contributed by atoms with E-state index in [-0.39, 0.29) is 66.5 Å². The number of pyridine rings is 6.